The smallest absolute Gasteiger partial charge is 0.264 e. The minimum Gasteiger partial charge on any atom is -0.497 e. The van der Waals surface area contributed by atoms with E-state index >= 15 is 0 Å². The lowest BCUT2D eigenvalue weighted by molar-refractivity contribution is -0.121. The number of aryl methyl sites for hydroxylation is 4. The number of aromatic nitrogens is 1. The zero-order valence-corrected chi connectivity index (χ0v) is 20.3. The van der Waals surface area contributed by atoms with Gasteiger partial charge in [-0.25, -0.2) is 8.42 Å². The van der Waals surface area contributed by atoms with Gasteiger partial charge in [-0.05, 0) is 63.6 Å². The standard InChI is InChI=1S/C24H29N3O5S/c1-16-6-11-23(17(2)14-16)33(29,30)27(20-7-9-21(31-5)10-8-20)13-12-24(28)25-15-22-18(3)26-32-19(22)4/h6-11,14H,12-13,15H2,1-5H3,(H,25,28). The number of hydrogen-bond donors (Lipinski definition) is 1. The van der Waals surface area contributed by atoms with E-state index in [0.717, 1.165) is 11.1 Å². The Morgan fingerprint density at radius 3 is 2.36 bits per heavy atom. The number of sulfonamides is 1. The van der Waals surface area contributed by atoms with Crippen LogP contribution in [0.2, 0.25) is 0 Å². The van der Waals surface area contributed by atoms with Crippen LogP contribution in [0.25, 0.3) is 0 Å². The zero-order valence-electron chi connectivity index (χ0n) is 19.5. The average molecular weight is 472 g/mol. The Bertz CT molecular complexity index is 1210. The Kier molecular flexibility index (Phi) is 7.43. The van der Waals surface area contributed by atoms with Crippen LogP contribution in [0, 0.1) is 27.7 Å². The number of methoxy groups -OCH3 is 1. The summed E-state index contributed by atoms with van der Waals surface area (Å²) >= 11 is 0. The molecule has 0 bridgehead atoms. The molecule has 3 rings (SSSR count). The van der Waals surface area contributed by atoms with Crippen molar-refractivity contribution in [1.82, 2.24) is 10.5 Å². The number of amides is 1. The molecule has 0 unspecified atom stereocenters. The van der Waals surface area contributed by atoms with E-state index in [4.69, 9.17) is 9.26 Å². The van der Waals surface area contributed by atoms with Gasteiger partial charge in [-0.2, -0.15) is 0 Å². The molecule has 0 aliphatic rings. The van der Waals surface area contributed by atoms with Crippen molar-refractivity contribution in [3.63, 3.8) is 0 Å². The van der Waals surface area contributed by atoms with Gasteiger partial charge in [-0.1, -0.05) is 22.9 Å². The SMILES string of the molecule is COc1ccc(N(CCC(=O)NCc2c(C)noc2C)S(=O)(=O)c2ccc(C)cc2C)cc1. The van der Waals surface area contributed by atoms with Gasteiger partial charge in [0.2, 0.25) is 5.91 Å². The van der Waals surface area contributed by atoms with E-state index in [1.807, 2.05) is 13.0 Å². The summed E-state index contributed by atoms with van der Waals surface area (Å²) in [6, 6.07) is 11.9. The van der Waals surface area contributed by atoms with Gasteiger partial charge in [-0.15, -0.1) is 0 Å². The van der Waals surface area contributed by atoms with Gasteiger partial charge in [0.1, 0.15) is 11.5 Å². The maximum Gasteiger partial charge on any atom is 0.264 e. The van der Waals surface area contributed by atoms with Gasteiger partial charge >= 0.3 is 0 Å². The quantitative estimate of drug-likeness (QED) is 0.509. The molecule has 0 saturated carbocycles. The molecule has 8 nitrogen and oxygen atoms in total. The number of rotatable bonds is 9. The second-order valence-electron chi connectivity index (χ2n) is 7.87. The average Bonchev–Trinajstić information content (AvgIpc) is 3.09. The van der Waals surface area contributed by atoms with E-state index in [-0.39, 0.29) is 30.3 Å². The molecule has 0 spiro atoms. The van der Waals surface area contributed by atoms with Crippen LogP contribution in [0.5, 0.6) is 5.75 Å². The first-order valence-corrected chi connectivity index (χ1v) is 12.0. The normalized spacial score (nSPS) is 11.3. The summed E-state index contributed by atoms with van der Waals surface area (Å²) in [5.41, 5.74) is 3.61. The molecule has 3 aromatic rings. The molecule has 33 heavy (non-hydrogen) atoms. The van der Waals surface area contributed by atoms with Crippen LogP contribution in [-0.2, 0) is 21.4 Å². The second-order valence-corrected chi connectivity index (χ2v) is 9.70. The van der Waals surface area contributed by atoms with Gasteiger partial charge in [0, 0.05) is 25.1 Å². The largest absolute Gasteiger partial charge is 0.497 e. The molecule has 0 aliphatic carbocycles. The van der Waals surface area contributed by atoms with Gasteiger partial charge in [0.15, 0.2) is 0 Å². The van der Waals surface area contributed by atoms with E-state index in [9.17, 15) is 13.2 Å². The number of anilines is 1. The summed E-state index contributed by atoms with van der Waals surface area (Å²) in [6.45, 7) is 7.52. The lowest BCUT2D eigenvalue weighted by Crippen LogP contribution is -2.35. The molecular weight excluding hydrogens is 442 g/mol. The number of carbonyl (C=O) groups excluding carboxylic acids is 1. The van der Waals surface area contributed by atoms with Crippen LogP contribution in [0.3, 0.4) is 0 Å². The first-order valence-electron chi connectivity index (χ1n) is 10.6. The Labute approximate surface area is 194 Å². The molecular formula is C24H29N3O5S. The lowest BCUT2D eigenvalue weighted by Gasteiger charge is -2.25. The summed E-state index contributed by atoms with van der Waals surface area (Å²) in [4.78, 5) is 12.8. The van der Waals surface area contributed by atoms with Crippen molar-refractivity contribution < 1.29 is 22.5 Å². The number of carbonyl (C=O) groups is 1. The molecule has 176 valence electrons. The van der Waals surface area contributed by atoms with Gasteiger partial charge in [0.05, 0.1) is 23.4 Å². The van der Waals surface area contributed by atoms with Crippen LogP contribution in [0.15, 0.2) is 51.9 Å². The molecule has 9 heteroatoms. The maximum absolute atomic E-state index is 13.6. The van der Waals surface area contributed by atoms with Crippen molar-refractivity contribution in [3.8, 4) is 5.75 Å². The van der Waals surface area contributed by atoms with Crippen LogP contribution in [0.4, 0.5) is 5.69 Å². The van der Waals surface area contributed by atoms with Gasteiger partial charge in [-0.3, -0.25) is 9.10 Å². The predicted molar refractivity (Wildman–Crippen MR) is 126 cm³/mol. The Morgan fingerprint density at radius 2 is 1.79 bits per heavy atom. The van der Waals surface area contributed by atoms with Crippen molar-refractivity contribution in [1.29, 1.82) is 0 Å². The van der Waals surface area contributed by atoms with E-state index in [1.54, 1.807) is 64.3 Å². The Balaban J connectivity index is 1.83. The maximum atomic E-state index is 13.6. The first kappa shape index (κ1) is 24.3. The topological polar surface area (TPSA) is 102 Å². The number of hydrogen-bond acceptors (Lipinski definition) is 6. The summed E-state index contributed by atoms with van der Waals surface area (Å²) in [7, 11) is -2.36. The summed E-state index contributed by atoms with van der Waals surface area (Å²) in [6.07, 6.45) is -0.0143. The summed E-state index contributed by atoms with van der Waals surface area (Å²) in [5, 5.41) is 6.70. The van der Waals surface area contributed by atoms with Crippen LogP contribution in [-0.4, -0.2) is 33.1 Å². The third-order valence-electron chi connectivity index (χ3n) is 5.44. The highest BCUT2D eigenvalue weighted by atomic mass is 32.2. The fourth-order valence-corrected chi connectivity index (χ4v) is 5.25. The van der Waals surface area contributed by atoms with Crippen molar-refractivity contribution in [3.05, 3.63) is 70.6 Å². The highest BCUT2D eigenvalue weighted by Gasteiger charge is 2.27. The number of ether oxygens (including phenoxy) is 1. The molecule has 1 N–H and O–H groups in total. The number of benzene rings is 2. The van der Waals surface area contributed by atoms with E-state index < -0.39 is 10.0 Å². The molecule has 1 heterocycles. The molecule has 0 saturated heterocycles. The van der Waals surface area contributed by atoms with Crippen molar-refractivity contribution >= 4 is 21.6 Å². The predicted octanol–water partition coefficient (Wildman–Crippen LogP) is 3.82. The van der Waals surface area contributed by atoms with Crippen LogP contribution < -0.4 is 14.4 Å². The Hall–Kier alpha value is -3.33. The molecule has 0 atom stereocenters. The second kappa shape index (κ2) is 10.1. The van der Waals surface area contributed by atoms with E-state index in [1.165, 1.54) is 4.31 Å². The first-order chi connectivity index (χ1) is 15.6. The summed E-state index contributed by atoms with van der Waals surface area (Å²) < 4.78 is 38.8. The molecule has 0 aliphatic heterocycles. The number of nitrogens with one attached hydrogen (secondary N) is 1. The highest BCUT2D eigenvalue weighted by Crippen LogP contribution is 2.28. The fourth-order valence-electron chi connectivity index (χ4n) is 3.58. The molecule has 0 radical (unpaired) electrons. The van der Waals surface area contributed by atoms with Crippen LogP contribution >= 0.6 is 0 Å². The summed E-state index contributed by atoms with van der Waals surface area (Å²) in [5.74, 6) is 0.981. The molecule has 1 amide bonds. The van der Waals surface area contributed by atoms with Crippen molar-refractivity contribution in [2.75, 3.05) is 18.0 Å². The van der Waals surface area contributed by atoms with Crippen molar-refractivity contribution in [2.45, 2.75) is 45.6 Å². The molecule has 0 fully saturated rings. The minimum absolute atomic E-state index is 0.0143. The van der Waals surface area contributed by atoms with Crippen LogP contribution in [0.1, 0.15) is 34.6 Å². The molecule has 2 aromatic carbocycles. The fraction of sp³-hybridized carbons (Fsp3) is 0.333. The third-order valence-corrected chi connectivity index (χ3v) is 7.43. The zero-order chi connectivity index (χ0) is 24.2. The van der Waals surface area contributed by atoms with E-state index in [2.05, 4.69) is 10.5 Å². The number of nitrogens with zero attached hydrogens (tertiary/aromatic N) is 2. The molecule has 1 aromatic heterocycles. The minimum atomic E-state index is -3.90. The lowest BCUT2D eigenvalue weighted by atomic mass is 10.2. The monoisotopic (exact) mass is 471 g/mol. The third kappa shape index (κ3) is 5.54. The Morgan fingerprint density at radius 1 is 1.09 bits per heavy atom. The highest BCUT2D eigenvalue weighted by molar-refractivity contribution is 7.92. The van der Waals surface area contributed by atoms with E-state index in [0.29, 0.717) is 28.5 Å². The van der Waals surface area contributed by atoms with Gasteiger partial charge in [0.25, 0.3) is 10.0 Å². The van der Waals surface area contributed by atoms with Gasteiger partial charge < -0.3 is 14.6 Å². The van der Waals surface area contributed by atoms with Crippen molar-refractivity contribution in [2.24, 2.45) is 0 Å².